The van der Waals surface area contributed by atoms with Gasteiger partial charge >= 0.3 is 0 Å². The third-order valence-corrected chi connectivity index (χ3v) is 8.75. The summed E-state index contributed by atoms with van der Waals surface area (Å²) in [6, 6.07) is 19.8. The van der Waals surface area contributed by atoms with Gasteiger partial charge in [0.1, 0.15) is 6.10 Å². The molecule has 3 unspecified atom stereocenters. The fraction of sp³-hybridized carbons (Fsp3) is 0.675. The molecule has 2 aromatic rings. The molecule has 5 nitrogen and oxygen atoms in total. The Morgan fingerprint density at radius 2 is 1.07 bits per heavy atom. The van der Waals surface area contributed by atoms with E-state index in [2.05, 4.69) is 31.3 Å². The second kappa shape index (κ2) is 27.0. The molecule has 2 aromatic carbocycles. The summed E-state index contributed by atoms with van der Waals surface area (Å²) in [4.78, 5) is 13.0. The van der Waals surface area contributed by atoms with Gasteiger partial charge in [0.05, 0.1) is 32.0 Å². The van der Waals surface area contributed by atoms with Crippen LogP contribution in [0.4, 0.5) is 0 Å². The average molecular weight is 624 g/mol. The summed E-state index contributed by atoms with van der Waals surface area (Å²) in [5, 5.41) is 13.7. The largest absolute Gasteiger partial charge is 0.394 e. The summed E-state index contributed by atoms with van der Waals surface area (Å²) in [6.45, 7) is 5.15. The lowest BCUT2D eigenvalue weighted by molar-refractivity contribution is -0.130. The number of amides is 1. The molecule has 0 spiro atoms. The minimum atomic E-state index is -0.532. The Labute approximate surface area is 275 Å². The lowest BCUT2D eigenvalue weighted by Crippen LogP contribution is -2.52. The van der Waals surface area contributed by atoms with Crippen molar-refractivity contribution in [3.8, 4) is 0 Å². The van der Waals surface area contributed by atoms with Gasteiger partial charge in [-0.3, -0.25) is 4.79 Å². The van der Waals surface area contributed by atoms with Crippen molar-refractivity contribution in [2.24, 2.45) is 0 Å². The van der Waals surface area contributed by atoms with E-state index in [0.717, 1.165) is 49.7 Å². The molecular weight excluding hydrogens is 558 g/mol. The number of unbranched alkanes of at least 4 members (excludes halogenated alkanes) is 15. The summed E-state index contributed by atoms with van der Waals surface area (Å²) in [5.74, 6) is -0.0222. The maximum absolute atomic E-state index is 13.0. The lowest BCUT2D eigenvalue weighted by atomic mass is 9.98. The van der Waals surface area contributed by atoms with Crippen LogP contribution in [0, 0.1) is 0 Å². The van der Waals surface area contributed by atoms with Gasteiger partial charge in [0.15, 0.2) is 0 Å². The van der Waals surface area contributed by atoms with Crippen LogP contribution in [0.2, 0.25) is 0 Å². The predicted octanol–water partition coefficient (Wildman–Crippen LogP) is 10.1. The Morgan fingerprint density at radius 3 is 1.56 bits per heavy atom. The molecule has 5 heteroatoms. The number of ether oxygens (including phenoxy) is 2. The first kappa shape index (κ1) is 39.0. The molecule has 254 valence electrons. The third kappa shape index (κ3) is 19.1. The van der Waals surface area contributed by atoms with Gasteiger partial charge in [0, 0.05) is 6.42 Å². The van der Waals surface area contributed by atoms with Gasteiger partial charge < -0.3 is 19.9 Å². The van der Waals surface area contributed by atoms with Crippen molar-refractivity contribution in [3.63, 3.8) is 0 Å². The van der Waals surface area contributed by atoms with Crippen molar-refractivity contribution < 1.29 is 19.4 Å². The molecule has 2 rings (SSSR count). The van der Waals surface area contributed by atoms with Crippen LogP contribution in [0.5, 0.6) is 0 Å². The van der Waals surface area contributed by atoms with Crippen molar-refractivity contribution >= 4 is 5.91 Å². The molecule has 0 fully saturated rings. The van der Waals surface area contributed by atoms with Crippen LogP contribution >= 0.6 is 0 Å². The highest BCUT2D eigenvalue weighted by atomic mass is 16.5. The van der Waals surface area contributed by atoms with Crippen LogP contribution < -0.4 is 5.32 Å². The van der Waals surface area contributed by atoms with E-state index in [9.17, 15) is 9.90 Å². The zero-order valence-corrected chi connectivity index (χ0v) is 28.7. The summed E-state index contributed by atoms with van der Waals surface area (Å²) in [5.41, 5.74) is 2.17. The Morgan fingerprint density at radius 1 is 0.622 bits per heavy atom. The van der Waals surface area contributed by atoms with Crippen molar-refractivity contribution in [3.05, 3.63) is 71.8 Å². The normalized spacial score (nSPS) is 13.4. The molecule has 0 heterocycles. The van der Waals surface area contributed by atoms with Crippen LogP contribution in [0.1, 0.15) is 147 Å². The Balaban J connectivity index is 1.99. The van der Waals surface area contributed by atoms with Crippen LogP contribution in [0.15, 0.2) is 60.7 Å². The fourth-order valence-corrected chi connectivity index (χ4v) is 5.96. The Bertz CT molecular complexity index is 938. The monoisotopic (exact) mass is 623 g/mol. The van der Waals surface area contributed by atoms with Crippen LogP contribution in [-0.4, -0.2) is 35.9 Å². The second-order valence-corrected chi connectivity index (χ2v) is 12.8. The Kier molecular flexibility index (Phi) is 23.3. The molecule has 0 aliphatic heterocycles. The minimum absolute atomic E-state index is 0.0222. The summed E-state index contributed by atoms with van der Waals surface area (Å²) in [7, 11) is 0. The summed E-state index contributed by atoms with van der Waals surface area (Å²) < 4.78 is 13.1. The molecule has 0 saturated heterocycles. The number of hydrogen-bond donors (Lipinski definition) is 2. The molecule has 3 atom stereocenters. The summed E-state index contributed by atoms with van der Waals surface area (Å²) >= 11 is 0. The highest BCUT2D eigenvalue weighted by molar-refractivity contribution is 5.76. The zero-order valence-electron chi connectivity index (χ0n) is 28.7. The molecule has 0 radical (unpaired) electrons. The predicted molar refractivity (Wildman–Crippen MR) is 188 cm³/mol. The molecule has 45 heavy (non-hydrogen) atoms. The Hall–Kier alpha value is -2.21. The minimum Gasteiger partial charge on any atom is -0.394 e. The van der Waals surface area contributed by atoms with E-state index in [1.165, 1.54) is 77.0 Å². The summed E-state index contributed by atoms with van der Waals surface area (Å²) in [6.07, 6.45) is 21.6. The average Bonchev–Trinajstić information content (AvgIpc) is 3.07. The standard InChI is InChI=1S/C40H65NO4/c1-3-5-7-9-10-11-12-13-14-15-17-24-30-38(44-33-35-26-20-18-21-27-35)40(45-34-36-28-22-19-23-29-36)37(32-42)41-39(43)31-25-16-8-6-4-2/h18-23,26-29,37-38,40,42H,3-17,24-25,30-34H2,1-2H3,(H,41,43). The number of aliphatic hydroxyl groups is 1. The number of benzene rings is 2. The first-order valence-corrected chi connectivity index (χ1v) is 18.4. The molecule has 0 aliphatic carbocycles. The second-order valence-electron chi connectivity index (χ2n) is 12.8. The van der Waals surface area contributed by atoms with E-state index in [0.29, 0.717) is 19.6 Å². The third-order valence-electron chi connectivity index (χ3n) is 8.75. The number of hydrogen-bond acceptors (Lipinski definition) is 4. The zero-order chi connectivity index (χ0) is 32.2. The van der Waals surface area contributed by atoms with Gasteiger partial charge in [-0.05, 0) is 24.0 Å². The van der Waals surface area contributed by atoms with E-state index < -0.39 is 12.1 Å². The van der Waals surface area contributed by atoms with E-state index in [1.54, 1.807) is 0 Å². The van der Waals surface area contributed by atoms with E-state index in [1.807, 2.05) is 48.5 Å². The highest BCUT2D eigenvalue weighted by Crippen LogP contribution is 2.21. The first-order chi connectivity index (χ1) is 22.2. The van der Waals surface area contributed by atoms with E-state index in [4.69, 9.17) is 9.47 Å². The topological polar surface area (TPSA) is 67.8 Å². The van der Waals surface area contributed by atoms with Gasteiger partial charge in [-0.25, -0.2) is 0 Å². The van der Waals surface area contributed by atoms with Gasteiger partial charge in [-0.1, -0.05) is 177 Å². The highest BCUT2D eigenvalue weighted by Gasteiger charge is 2.32. The maximum atomic E-state index is 13.0. The van der Waals surface area contributed by atoms with Crippen molar-refractivity contribution in [2.45, 2.75) is 167 Å². The van der Waals surface area contributed by atoms with Gasteiger partial charge in [0.25, 0.3) is 0 Å². The van der Waals surface area contributed by atoms with Crippen molar-refractivity contribution in [2.75, 3.05) is 6.61 Å². The number of rotatable bonds is 29. The SMILES string of the molecule is CCCCCCCCCCCCCCC(OCc1ccccc1)C(OCc1ccccc1)C(CO)NC(=O)CCCCCCC. The maximum Gasteiger partial charge on any atom is 0.220 e. The van der Waals surface area contributed by atoms with Crippen LogP contribution in [0.25, 0.3) is 0 Å². The number of carbonyl (C=O) groups is 1. The van der Waals surface area contributed by atoms with Gasteiger partial charge in [-0.2, -0.15) is 0 Å². The van der Waals surface area contributed by atoms with Crippen molar-refractivity contribution in [1.29, 1.82) is 0 Å². The van der Waals surface area contributed by atoms with Gasteiger partial charge in [-0.15, -0.1) is 0 Å². The van der Waals surface area contributed by atoms with Gasteiger partial charge in [0.2, 0.25) is 5.91 Å². The smallest absolute Gasteiger partial charge is 0.220 e. The quantitative estimate of drug-likeness (QED) is 0.0885. The van der Waals surface area contributed by atoms with E-state index >= 15 is 0 Å². The molecule has 2 N–H and O–H groups in total. The number of nitrogens with one attached hydrogen (secondary N) is 1. The van der Waals surface area contributed by atoms with E-state index in [-0.39, 0.29) is 18.6 Å². The molecule has 0 aromatic heterocycles. The lowest BCUT2D eigenvalue weighted by Gasteiger charge is -2.33. The number of aliphatic hydroxyl groups excluding tert-OH is 1. The molecule has 1 amide bonds. The number of carbonyl (C=O) groups excluding carboxylic acids is 1. The molecule has 0 aliphatic rings. The first-order valence-electron chi connectivity index (χ1n) is 18.4. The molecule has 0 bridgehead atoms. The molecule has 0 saturated carbocycles. The fourth-order valence-electron chi connectivity index (χ4n) is 5.96. The van der Waals surface area contributed by atoms with Crippen LogP contribution in [0.3, 0.4) is 0 Å². The van der Waals surface area contributed by atoms with Crippen LogP contribution in [-0.2, 0) is 27.5 Å². The molecular formula is C40H65NO4. The van der Waals surface area contributed by atoms with Crippen molar-refractivity contribution in [1.82, 2.24) is 5.32 Å².